The van der Waals surface area contributed by atoms with Crippen LogP contribution in [0.3, 0.4) is 0 Å². The molecule has 0 N–H and O–H groups in total. The van der Waals surface area contributed by atoms with Gasteiger partial charge >= 0.3 is 5.97 Å². The number of ether oxygens (including phenoxy) is 3. The highest BCUT2D eigenvalue weighted by molar-refractivity contribution is 6.00. The molecular weight excluding hydrogens is 464 g/mol. The van der Waals surface area contributed by atoms with Crippen LogP contribution in [0.25, 0.3) is 0 Å². The lowest BCUT2D eigenvalue weighted by atomic mass is 9.69. The van der Waals surface area contributed by atoms with Crippen LogP contribution in [0.2, 0.25) is 0 Å². The summed E-state index contributed by atoms with van der Waals surface area (Å²) in [6.07, 6.45) is -0.694. The van der Waals surface area contributed by atoms with Gasteiger partial charge in [-0.3, -0.25) is 4.79 Å². The van der Waals surface area contributed by atoms with Crippen molar-refractivity contribution in [3.8, 4) is 5.75 Å². The van der Waals surface area contributed by atoms with Gasteiger partial charge in [-0.2, -0.15) is 0 Å². The van der Waals surface area contributed by atoms with E-state index in [-0.39, 0.29) is 5.78 Å². The monoisotopic (exact) mass is 492 g/mol. The van der Waals surface area contributed by atoms with Crippen LogP contribution in [0, 0.1) is 5.92 Å². The second kappa shape index (κ2) is 10.4. The number of esters is 1. The molecule has 4 aromatic rings. The summed E-state index contributed by atoms with van der Waals surface area (Å²) >= 11 is 0. The molecule has 0 radical (unpaired) electrons. The Hall–Kier alpha value is -4.22. The van der Waals surface area contributed by atoms with Gasteiger partial charge in [0.2, 0.25) is 0 Å². The molecule has 1 fully saturated rings. The van der Waals surface area contributed by atoms with Crippen molar-refractivity contribution in [2.45, 2.75) is 17.6 Å². The Morgan fingerprint density at radius 1 is 0.703 bits per heavy atom. The number of carbonyl (C=O) groups excluding carboxylic acids is 2. The van der Waals surface area contributed by atoms with E-state index in [1.165, 1.54) is 7.11 Å². The van der Waals surface area contributed by atoms with E-state index in [0.717, 1.165) is 11.1 Å². The Bertz CT molecular complexity index is 1350. The second-order valence-corrected chi connectivity index (χ2v) is 9.05. The van der Waals surface area contributed by atoms with Crippen molar-refractivity contribution in [3.05, 3.63) is 138 Å². The van der Waals surface area contributed by atoms with Gasteiger partial charge in [0.05, 0.1) is 26.2 Å². The minimum Gasteiger partial charge on any atom is -0.497 e. The molecular formula is C32H28O5. The van der Waals surface area contributed by atoms with Gasteiger partial charge in [0, 0.05) is 11.5 Å². The molecule has 4 aromatic carbocycles. The van der Waals surface area contributed by atoms with Crippen molar-refractivity contribution in [3.63, 3.8) is 0 Å². The summed E-state index contributed by atoms with van der Waals surface area (Å²) in [5.74, 6) is -1.37. The quantitative estimate of drug-likeness (QED) is 0.230. The molecule has 1 aliphatic heterocycles. The Labute approximate surface area is 216 Å². The highest BCUT2D eigenvalue weighted by Gasteiger charge is 2.63. The number of Topliss-reactive ketones (excluding diaryl/α,β-unsaturated/α-hetero) is 1. The van der Waals surface area contributed by atoms with Gasteiger partial charge in [-0.15, -0.1) is 0 Å². The van der Waals surface area contributed by atoms with Crippen LogP contribution in [0.5, 0.6) is 5.75 Å². The molecule has 1 saturated heterocycles. The lowest BCUT2D eigenvalue weighted by molar-refractivity contribution is -0.171. The summed E-state index contributed by atoms with van der Waals surface area (Å²) in [5, 5.41) is 0. The second-order valence-electron chi connectivity index (χ2n) is 9.05. The maximum absolute atomic E-state index is 14.3. The summed E-state index contributed by atoms with van der Waals surface area (Å²) < 4.78 is 17.6. The number of rotatable bonds is 7. The zero-order chi connectivity index (χ0) is 25.8. The van der Waals surface area contributed by atoms with Crippen molar-refractivity contribution >= 4 is 11.8 Å². The molecule has 0 saturated carbocycles. The van der Waals surface area contributed by atoms with Crippen LogP contribution >= 0.6 is 0 Å². The number of hydrogen-bond donors (Lipinski definition) is 0. The van der Waals surface area contributed by atoms with Gasteiger partial charge in [0.1, 0.15) is 5.75 Å². The predicted octanol–water partition coefficient (Wildman–Crippen LogP) is 6.12. The molecule has 4 atom stereocenters. The molecule has 186 valence electrons. The molecule has 0 bridgehead atoms. The summed E-state index contributed by atoms with van der Waals surface area (Å²) in [6, 6.07) is 35.6. The molecule has 0 unspecified atom stereocenters. The van der Waals surface area contributed by atoms with Crippen LogP contribution < -0.4 is 4.74 Å². The van der Waals surface area contributed by atoms with Gasteiger partial charge < -0.3 is 14.2 Å². The Morgan fingerprint density at radius 3 is 1.78 bits per heavy atom. The molecule has 37 heavy (non-hydrogen) atoms. The first-order chi connectivity index (χ1) is 18.1. The van der Waals surface area contributed by atoms with Gasteiger partial charge in [0.15, 0.2) is 11.4 Å². The first kappa shape index (κ1) is 24.5. The number of carbonyl (C=O) groups is 2. The Kier molecular flexibility index (Phi) is 6.89. The summed E-state index contributed by atoms with van der Waals surface area (Å²) in [7, 11) is 2.94. The third kappa shape index (κ3) is 4.32. The Balaban J connectivity index is 1.79. The fourth-order valence-corrected chi connectivity index (χ4v) is 5.41. The van der Waals surface area contributed by atoms with Gasteiger partial charge in [0.25, 0.3) is 0 Å². The van der Waals surface area contributed by atoms with Crippen LogP contribution in [0.1, 0.15) is 39.1 Å². The average molecular weight is 493 g/mol. The fraction of sp³-hybridized carbons (Fsp3) is 0.188. The first-order valence-electron chi connectivity index (χ1n) is 12.2. The van der Waals surface area contributed by atoms with Crippen LogP contribution in [0.4, 0.5) is 0 Å². The van der Waals surface area contributed by atoms with Crippen molar-refractivity contribution in [2.24, 2.45) is 5.92 Å². The topological polar surface area (TPSA) is 61.8 Å². The minimum absolute atomic E-state index is 0.0948. The minimum atomic E-state index is -1.57. The molecule has 0 aliphatic carbocycles. The predicted molar refractivity (Wildman–Crippen MR) is 140 cm³/mol. The number of methoxy groups -OCH3 is 2. The summed E-state index contributed by atoms with van der Waals surface area (Å²) in [4.78, 5) is 28.2. The third-order valence-electron chi connectivity index (χ3n) is 7.09. The third-order valence-corrected chi connectivity index (χ3v) is 7.09. The smallest absolute Gasteiger partial charge is 0.343 e. The van der Waals surface area contributed by atoms with E-state index in [1.807, 2.05) is 91.0 Å². The number of hydrogen-bond acceptors (Lipinski definition) is 5. The average Bonchev–Trinajstić information content (AvgIpc) is 3.35. The van der Waals surface area contributed by atoms with E-state index in [2.05, 4.69) is 0 Å². The van der Waals surface area contributed by atoms with Gasteiger partial charge in [-0.25, -0.2) is 4.79 Å². The van der Waals surface area contributed by atoms with Crippen molar-refractivity contribution in [1.29, 1.82) is 0 Å². The zero-order valence-corrected chi connectivity index (χ0v) is 20.7. The molecule has 5 rings (SSSR count). The van der Waals surface area contributed by atoms with Crippen molar-refractivity contribution < 1.29 is 23.8 Å². The molecule has 1 aliphatic rings. The van der Waals surface area contributed by atoms with Crippen LogP contribution in [-0.4, -0.2) is 26.0 Å². The molecule has 5 heteroatoms. The van der Waals surface area contributed by atoms with Crippen LogP contribution in [0.15, 0.2) is 115 Å². The standard InChI is InChI=1S/C32H28O5/c1-35-26-20-18-25(19-21-26)32(31(34)36-2)28(22-12-6-3-7-13-22)27(29(33)23-14-8-4-9-15-23)30(37-32)24-16-10-5-11-17-24/h3-21,27-28,30H,1-2H3/t27-,28+,30-,32-/m1/s1. The first-order valence-corrected chi connectivity index (χ1v) is 12.2. The molecule has 1 heterocycles. The molecule has 0 aromatic heterocycles. The maximum atomic E-state index is 14.3. The SMILES string of the molecule is COC(=O)[C@]1(c2ccc(OC)cc2)O[C@H](c2ccccc2)[C@@H](C(=O)c2ccccc2)[C@@H]1c1ccccc1. The number of benzene rings is 4. The fourth-order valence-electron chi connectivity index (χ4n) is 5.41. The van der Waals surface area contributed by atoms with Gasteiger partial charge in [-0.1, -0.05) is 103 Å². The van der Waals surface area contributed by atoms with Crippen molar-refractivity contribution in [1.82, 2.24) is 0 Å². The highest BCUT2D eigenvalue weighted by Crippen LogP contribution is 2.59. The highest BCUT2D eigenvalue weighted by atomic mass is 16.6. The van der Waals surface area contributed by atoms with E-state index >= 15 is 0 Å². The summed E-state index contributed by atoms with van der Waals surface area (Å²) in [6.45, 7) is 0. The Morgan fingerprint density at radius 2 is 1.24 bits per heavy atom. The van der Waals surface area contributed by atoms with E-state index < -0.39 is 29.5 Å². The zero-order valence-electron chi connectivity index (χ0n) is 20.7. The van der Waals surface area contributed by atoms with Gasteiger partial charge in [-0.05, 0) is 28.8 Å². The van der Waals surface area contributed by atoms with E-state index in [0.29, 0.717) is 16.9 Å². The normalized spacial score (nSPS) is 22.8. The van der Waals surface area contributed by atoms with E-state index in [1.54, 1.807) is 31.4 Å². The maximum Gasteiger partial charge on any atom is 0.343 e. The lowest BCUT2D eigenvalue weighted by Crippen LogP contribution is -2.42. The molecule has 5 nitrogen and oxygen atoms in total. The molecule has 0 amide bonds. The van der Waals surface area contributed by atoms with E-state index in [9.17, 15) is 9.59 Å². The lowest BCUT2D eigenvalue weighted by Gasteiger charge is -2.34. The largest absolute Gasteiger partial charge is 0.497 e. The molecule has 0 spiro atoms. The number of ketones is 1. The summed E-state index contributed by atoms with van der Waals surface area (Å²) in [5.41, 5.74) is 1.22. The van der Waals surface area contributed by atoms with Crippen molar-refractivity contribution in [2.75, 3.05) is 14.2 Å². The van der Waals surface area contributed by atoms with E-state index in [4.69, 9.17) is 14.2 Å². The van der Waals surface area contributed by atoms with Crippen LogP contribution in [-0.2, 0) is 19.9 Å².